The molecule has 0 aromatic heterocycles. The zero-order valence-corrected chi connectivity index (χ0v) is 12.1. The molecule has 3 aliphatic rings. The fourth-order valence-electron chi connectivity index (χ4n) is 4.03. The summed E-state index contributed by atoms with van der Waals surface area (Å²) in [5.74, 6) is 2.04. The molecular weight excluding hydrogens is 236 g/mol. The monoisotopic (exact) mass is 264 g/mol. The van der Waals surface area contributed by atoms with Crippen LogP contribution in [-0.2, 0) is 4.74 Å². The van der Waals surface area contributed by atoms with E-state index in [1.54, 1.807) is 0 Å². The molecule has 108 valence electrons. The standard InChI is InChI=1S/C16H28N2O/c1-2-4-13(5-3-1)12-14-6-8-15(9-7-14)18-16-17-10-11-19-16/h13-15H,1-12H2,(H,17,18). The zero-order chi connectivity index (χ0) is 12.9. The Kier molecular flexibility index (Phi) is 4.62. The van der Waals surface area contributed by atoms with Crippen LogP contribution < -0.4 is 5.32 Å². The Hall–Kier alpha value is -0.730. The third kappa shape index (κ3) is 3.87. The summed E-state index contributed by atoms with van der Waals surface area (Å²) >= 11 is 0. The van der Waals surface area contributed by atoms with Crippen LogP contribution in [0, 0.1) is 11.8 Å². The first-order chi connectivity index (χ1) is 9.40. The Bertz CT molecular complexity index is 302. The minimum atomic E-state index is 0.611. The van der Waals surface area contributed by atoms with Crippen LogP contribution >= 0.6 is 0 Å². The maximum atomic E-state index is 5.44. The summed E-state index contributed by atoms with van der Waals surface area (Å²) in [4.78, 5) is 4.33. The second kappa shape index (κ2) is 6.62. The van der Waals surface area contributed by atoms with Gasteiger partial charge in [-0.05, 0) is 43.9 Å². The van der Waals surface area contributed by atoms with Crippen molar-refractivity contribution in [3.8, 4) is 0 Å². The van der Waals surface area contributed by atoms with Crippen molar-refractivity contribution < 1.29 is 4.74 Å². The molecule has 0 aromatic rings. The van der Waals surface area contributed by atoms with Crippen molar-refractivity contribution in [2.24, 2.45) is 16.8 Å². The third-order valence-electron chi connectivity index (χ3n) is 5.15. The van der Waals surface area contributed by atoms with Crippen LogP contribution in [0.1, 0.15) is 64.2 Å². The predicted octanol–water partition coefficient (Wildman–Crippen LogP) is 3.49. The lowest BCUT2D eigenvalue weighted by Gasteiger charge is -2.32. The highest BCUT2D eigenvalue weighted by molar-refractivity contribution is 5.75. The minimum Gasteiger partial charge on any atom is -0.463 e. The second-order valence-electron chi connectivity index (χ2n) is 6.64. The highest BCUT2D eigenvalue weighted by atomic mass is 16.5. The van der Waals surface area contributed by atoms with Gasteiger partial charge in [0.2, 0.25) is 0 Å². The van der Waals surface area contributed by atoms with E-state index in [4.69, 9.17) is 4.74 Å². The third-order valence-corrected chi connectivity index (χ3v) is 5.15. The van der Waals surface area contributed by atoms with Gasteiger partial charge in [0.1, 0.15) is 6.61 Å². The molecule has 0 atom stereocenters. The molecule has 2 saturated carbocycles. The number of hydrogen-bond donors (Lipinski definition) is 1. The molecule has 0 unspecified atom stereocenters. The van der Waals surface area contributed by atoms with Gasteiger partial charge in [-0.25, -0.2) is 4.99 Å². The molecule has 3 heteroatoms. The zero-order valence-electron chi connectivity index (χ0n) is 12.1. The molecule has 3 nitrogen and oxygen atoms in total. The molecule has 0 aromatic carbocycles. The second-order valence-corrected chi connectivity index (χ2v) is 6.64. The number of aliphatic imine (C=N–C) groups is 1. The van der Waals surface area contributed by atoms with E-state index in [1.165, 1.54) is 64.2 Å². The van der Waals surface area contributed by atoms with E-state index in [-0.39, 0.29) is 0 Å². The summed E-state index contributed by atoms with van der Waals surface area (Å²) in [6.07, 6.45) is 14.4. The summed E-state index contributed by atoms with van der Waals surface area (Å²) in [7, 11) is 0. The van der Waals surface area contributed by atoms with Gasteiger partial charge in [0.25, 0.3) is 6.02 Å². The molecule has 0 amide bonds. The maximum absolute atomic E-state index is 5.44. The van der Waals surface area contributed by atoms with E-state index in [0.717, 1.165) is 31.0 Å². The Morgan fingerprint density at radius 2 is 1.68 bits per heavy atom. The van der Waals surface area contributed by atoms with E-state index in [9.17, 15) is 0 Å². The van der Waals surface area contributed by atoms with E-state index in [0.29, 0.717) is 6.04 Å². The molecule has 0 bridgehead atoms. The molecule has 1 heterocycles. The molecule has 19 heavy (non-hydrogen) atoms. The number of nitrogens with one attached hydrogen (secondary N) is 1. The van der Waals surface area contributed by atoms with Crippen LogP contribution in [-0.4, -0.2) is 25.2 Å². The quantitative estimate of drug-likeness (QED) is 0.846. The lowest BCUT2D eigenvalue weighted by molar-refractivity contribution is 0.224. The van der Waals surface area contributed by atoms with Crippen molar-refractivity contribution in [1.29, 1.82) is 0 Å². The van der Waals surface area contributed by atoms with Gasteiger partial charge in [-0.15, -0.1) is 0 Å². The first kappa shape index (κ1) is 13.3. The van der Waals surface area contributed by atoms with Gasteiger partial charge >= 0.3 is 0 Å². The summed E-state index contributed by atoms with van der Waals surface area (Å²) in [5.41, 5.74) is 0. The Morgan fingerprint density at radius 1 is 0.947 bits per heavy atom. The number of rotatable bonds is 3. The van der Waals surface area contributed by atoms with Gasteiger partial charge in [-0.2, -0.15) is 0 Å². The number of hydrogen-bond acceptors (Lipinski definition) is 3. The molecule has 0 saturated heterocycles. The largest absolute Gasteiger partial charge is 0.463 e. The van der Waals surface area contributed by atoms with Crippen molar-refractivity contribution in [2.45, 2.75) is 70.3 Å². The molecule has 3 rings (SSSR count). The first-order valence-electron chi connectivity index (χ1n) is 8.34. The topological polar surface area (TPSA) is 33.6 Å². The molecule has 2 fully saturated rings. The summed E-state index contributed by atoms with van der Waals surface area (Å²) < 4.78 is 5.44. The number of amidine groups is 1. The van der Waals surface area contributed by atoms with Crippen LogP contribution in [0.4, 0.5) is 0 Å². The van der Waals surface area contributed by atoms with Gasteiger partial charge in [0.15, 0.2) is 0 Å². The number of nitrogens with zero attached hydrogens (tertiary/aromatic N) is 1. The lowest BCUT2D eigenvalue weighted by atomic mass is 9.76. The summed E-state index contributed by atoms with van der Waals surface area (Å²) in [5, 5.41) is 3.47. The minimum absolute atomic E-state index is 0.611. The lowest BCUT2D eigenvalue weighted by Crippen LogP contribution is -2.38. The fraction of sp³-hybridized carbons (Fsp3) is 0.938. The molecule has 0 radical (unpaired) electrons. The summed E-state index contributed by atoms with van der Waals surface area (Å²) in [6, 6.07) is 1.41. The predicted molar refractivity (Wildman–Crippen MR) is 78.3 cm³/mol. The van der Waals surface area contributed by atoms with Crippen molar-refractivity contribution in [3.63, 3.8) is 0 Å². The average molecular weight is 264 g/mol. The molecule has 1 N–H and O–H groups in total. The summed E-state index contributed by atoms with van der Waals surface area (Å²) in [6.45, 7) is 1.60. The van der Waals surface area contributed by atoms with Crippen LogP contribution in [0.25, 0.3) is 0 Å². The van der Waals surface area contributed by atoms with Gasteiger partial charge < -0.3 is 10.1 Å². The van der Waals surface area contributed by atoms with Crippen LogP contribution in [0.2, 0.25) is 0 Å². The van der Waals surface area contributed by atoms with E-state index in [1.807, 2.05) is 0 Å². The Morgan fingerprint density at radius 3 is 2.37 bits per heavy atom. The van der Waals surface area contributed by atoms with Gasteiger partial charge in [-0.1, -0.05) is 32.1 Å². The normalized spacial score (nSPS) is 32.7. The van der Waals surface area contributed by atoms with E-state index >= 15 is 0 Å². The van der Waals surface area contributed by atoms with Crippen molar-refractivity contribution in [1.82, 2.24) is 5.32 Å². The van der Waals surface area contributed by atoms with E-state index in [2.05, 4.69) is 10.3 Å². The maximum Gasteiger partial charge on any atom is 0.285 e. The van der Waals surface area contributed by atoms with Gasteiger partial charge in [0.05, 0.1) is 6.54 Å². The van der Waals surface area contributed by atoms with Crippen LogP contribution in [0.3, 0.4) is 0 Å². The SMILES string of the molecule is C1CCC(CC2CCC(NC3=NCCO3)CC2)CC1. The van der Waals surface area contributed by atoms with Crippen molar-refractivity contribution in [3.05, 3.63) is 0 Å². The van der Waals surface area contributed by atoms with Gasteiger partial charge in [0, 0.05) is 6.04 Å². The molecule has 0 spiro atoms. The molecule has 1 aliphatic heterocycles. The highest BCUT2D eigenvalue weighted by Gasteiger charge is 2.25. The first-order valence-corrected chi connectivity index (χ1v) is 8.34. The number of ether oxygens (including phenoxy) is 1. The smallest absolute Gasteiger partial charge is 0.285 e. The van der Waals surface area contributed by atoms with Crippen LogP contribution in [0.15, 0.2) is 4.99 Å². The fourth-order valence-corrected chi connectivity index (χ4v) is 4.03. The highest BCUT2D eigenvalue weighted by Crippen LogP contribution is 2.35. The molecule has 2 aliphatic carbocycles. The van der Waals surface area contributed by atoms with E-state index < -0.39 is 0 Å². The van der Waals surface area contributed by atoms with Crippen LogP contribution in [0.5, 0.6) is 0 Å². The Balaban J connectivity index is 1.36. The van der Waals surface area contributed by atoms with Gasteiger partial charge in [-0.3, -0.25) is 0 Å². The molecular formula is C16H28N2O. The van der Waals surface area contributed by atoms with Crippen molar-refractivity contribution in [2.75, 3.05) is 13.2 Å². The van der Waals surface area contributed by atoms with Crippen molar-refractivity contribution >= 4 is 6.02 Å². The Labute approximate surface area is 117 Å². The average Bonchev–Trinajstić information content (AvgIpc) is 2.95.